The summed E-state index contributed by atoms with van der Waals surface area (Å²) in [6.45, 7) is 6.57. The standard InChI is InChI=1S/C14H27NO/c1-3-14-12(8-9-16-14)13(15-4-2)10-11-6-5-7-11/h11-15H,3-10H2,1-2H3. The maximum Gasteiger partial charge on any atom is 0.0616 e. The Morgan fingerprint density at radius 1 is 1.25 bits per heavy atom. The average Bonchev–Trinajstić information content (AvgIpc) is 2.69. The van der Waals surface area contributed by atoms with Gasteiger partial charge in [-0.2, -0.15) is 0 Å². The van der Waals surface area contributed by atoms with Crippen LogP contribution in [0.3, 0.4) is 0 Å². The fraction of sp³-hybridized carbons (Fsp3) is 1.00. The molecule has 1 N–H and O–H groups in total. The zero-order chi connectivity index (χ0) is 11.4. The topological polar surface area (TPSA) is 21.3 Å². The lowest BCUT2D eigenvalue weighted by Crippen LogP contribution is -2.42. The molecule has 2 aliphatic rings. The van der Waals surface area contributed by atoms with Crippen molar-refractivity contribution in [3.05, 3.63) is 0 Å². The van der Waals surface area contributed by atoms with Crippen LogP contribution in [0.2, 0.25) is 0 Å². The number of nitrogens with one attached hydrogen (secondary N) is 1. The van der Waals surface area contributed by atoms with E-state index in [2.05, 4.69) is 19.2 Å². The molecule has 1 aliphatic heterocycles. The summed E-state index contributed by atoms with van der Waals surface area (Å²) < 4.78 is 5.84. The monoisotopic (exact) mass is 225 g/mol. The Balaban J connectivity index is 1.88. The molecule has 16 heavy (non-hydrogen) atoms. The molecule has 0 aromatic rings. The average molecular weight is 225 g/mol. The Bertz CT molecular complexity index is 203. The fourth-order valence-corrected chi connectivity index (χ4v) is 3.31. The molecule has 0 aromatic heterocycles. The van der Waals surface area contributed by atoms with Gasteiger partial charge in [-0.3, -0.25) is 0 Å². The first-order valence-corrected chi connectivity index (χ1v) is 7.20. The van der Waals surface area contributed by atoms with Gasteiger partial charge < -0.3 is 10.1 Å². The number of rotatable bonds is 6. The second-order valence-electron chi connectivity index (χ2n) is 5.47. The molecule has 0 aromatic carbocycles. The van der Waals surface area contributed by atoms with Gasteiger partial charge >= 0.3 is 0 Å². The highest BCUT2D eigenvalue weighted by Crippen LogP contribution is 2.35. The van der Waals surface area contributed by atoms with Gasteiger partial charge in [0.2, 0.25) is 0 Å². The molecule has 2 rings (SSSR count). The second kappa shape index (κ2) is 6.02. The van der Waals surface area contributed by atoms with Gasteiger partial charge in [0.1, 0.15) is 0 Å². The van der Waals surface area contributed by atoms with Crippen LogP contribution in [0.1, 0.15) is 52.4 Å². The fourth-order valence-electron chi connectivity index (χ4n) is 3.31. The molecule has 2 heteroatoms. The Kier molecular flexibility index (Phi) is 4.66. The molecule has 1 saturated carbocycles. The summed E-state index contributed by atoms with van der Waals surface area (Å²) in [6, 6.07) is 0.711. The van der Waals surface area contributed by atoms with Crippen molar-refractivity contribution in [2.75, 3.05) is 13.2 Å². The Labute approximate surface area is 100 Å². The second-order valence-corrected chi connectivity index (χ2v) is 5.47. The normalized spacial score (nSPS) is 32.6. The van der Waals surface area contributed by atoms with Crippen LogP contribution in [0, 0.1) is 11.8 Å². The van der Waals surface area contributed by atoms with E-state index in [9.17, 15) is 0 Å². The van der Waals surface area contributed by atoms with Crippen LogP contribution in [0.5, 0.6) is 0 Å². The third-order valence-corrected chi connectivity index (χ3v) is 4.46. The smallest absolute Gasteiger partial charge is 0.0616 e. The maximum atomic E-state index is 5.84. The Morgan fingerprint density at radius 3 is 2.62 bits per heavy atom. The summed E-state index contributed by atoms with van der Waals surface area (Å²) in [5.41, 5.74) is 0. The summed E-state index contributed by atoms with van der Waals surface area (Å²) in [5, 5.41) is 3.71. The minimum Gasteiger partial charge on any atom is -0.378 e. The first-order chi connectivity index (χ1) is 7.85. The van der Waals surface area contributed by atoms with Gasteiger partial charge in [-0.25, -0.2) is 0 Å². The molecule has 1 saturated heterocycles. The molecule has 3 unspecified atom stereocenters. The summed E-state index contributed by atoms with van der Waals surface area (Å²) >= 11 is 0. The van der Waals surface area contributed by atoms with Crippen LogP contribution in [0.4, 0.5) is 0 Å². The van der Waals surface area contributed by atoms with Crippen molar-refractivity contribution in [2.45, 2.75) is 64.5 Å². The van der Waals surface area contributed by atoms with Crippen molar-refractivity contribution in [3.8, 4) is 0 Å². The van der Waals surface area contributed by atoms with E-state index < -0.39 is 0 Å². The van der Waals surface area contributed by atoms with Gasteiger partial charge in [-0.05, 0) is 31.7 Å². The Morgan fingerprint density at radius 2 is 2.06 bits per heavy atom. The number of hydrogen-bond donors (Lipinski definition) is 1. The van der Waals surface area contributed by atoms with Crippen LogP contribution >= 0.6 is 0 Å². The predicted octanol–water partition coefficient (Wildman–Crippen LogP) is 2.97. The largest absolute Gasteiger partial charge is 0.378 e. The van der Waals surface area contributed by atoms with Gasteiger partial charge in [0, 0.05) is 18.6 Å². The predicted molar refractivity (Wildman–Crippen MR) is 67.6 cm³/mol. The third-order valence-electron chi connectivity index (χ3n) is 4.46. The molecular weight excluding hydrogens is 198 g/mol. The van der Waals surface area contributed by atoms with Crippen LogP contribution in [-0.4, -0.2) is 25.3 Å². The van der Waals surface area contributed by atoms with Crippen molar-refractivity contribution < 1.29 is 4.74 Å². The number of ether oxygens (including phenoxy) is 1. The van der Waals surface area contributed by atoms with E-state index in [-0.39, 0.29) is 0 Å². The van der Waals surface area contributed by atoms with E-state index in [0.717, 1.165) is 25.0 Å². The molecule has 94 valence electrons. The molecule has 1 aliphatic carbocycles. The van der Waals surface area contributed by atoms with Crippen LogP contribution in [0.15, 0.2) is 0 Å². The highest BCUT2D eigenvalue weighted by atomic mass is 16.5. The first kappa shape index (κ1) is 12.4. The number of hydrogen-bond acceptors (Lipinski definition) is 2. The molecular formula is C14H27NO. The molecule has 2 fully saturated rings. The molecule has 0 spiro atoms. The van der Waals surface area contributed by atoms with Gasteiger partial charge in [-0.1, -0.05) is 33.1 Å². The maximum absolute atomic E-state index is 5.84. The molecule has 0 amide bonds. The van der Waals surface area contributed by atoms with E-state index in [0.29, 0.717) is 12.1 Å². The van der Waals surface area contributed by atoms with Crippen LogP contribution < -0.4 is 5.32 Å². The van der Waals surface area contributed by atoms with Crippen molar-refractivity contribution in [1.82, 2.24) is 5.32 Å². The quantitative estimate of drug-likeness (QED) is 0.750. The van der Waals surface area contributed by atoms with E-state index in [1.807, 2.05) is 0 Å². The zero-order valence-electron chi connectivity index (χ0n) is 10.9. The van der Waals surface area contributed by atoms with E-state index in [1.54, 1.807) is 0 Å². The van der Waals surface area contributed by atoms with Crippen molar-refractivity contribution in [2.24, 2.45) is 11.8 Å². The summed E-state index contributed by atoms with van der Waals surface area (Å²) in [6.07, 6.45) is 8.74. The summed E-state index contributed by atoms with van der Waals surface area (Å²) in [4.78, 5) is 0. The summed E-state index contributed by atoms with van der Waals surface area (Å²) in [7, 11) is 0. The van der Waals surface area contributed by atoms with Gasteiger partial charge in [0.05, 0.1) is 6.10 Å². The first-order valence-electron chi connectivity index (χ1n) is 7.20. The molecule has 0 radical (unpaired) electrons. The van der Waals surface area contributed by atoms with E-state index in [1.165, 1.54) is 38.5 Å². The van der Waals surface area contributed by atoms with Crippen LogP contribution in [-0.2, 0) is 4.74 Å². The molecule has 0 bridgehead atoms. The van der Waals surface area contributed by atoms with Crippen molar-refractivity contribution in [3.63, 3.8) is 0 Å². The van der Waals surface area contributed by atoms with Crippen molar-refractivity contribution >= 4 is 0 Å². The lowest BCUT2D eigenvalue weighted by Gasteiger charge is -2.34. The lowest BCUT2D eigenvalue weighted by atomic mass is 9.77. The third kappa shape index (κ3) is 2.78. The summed E-state index contributed by atoms with van der Waals surface area (Å²) in [5.74, 6) is 1.77. The van der Waals surface area contributed by atoms with Crippen LogP contribution in [0.25, 0.3) is 0 Å². The molecule has 3 atom stereocenters. The minimum absolute atomic E-state index is 0.518. The molecule has 1 heterocycles. The zero-order valence-corrected chi connectivity index (χ0v) is 10.9. The van der Waals surface area contributed by atoms with Gasteiger partial charge in [0.25, 0.3) is 0 Å². The Hall–Kier alpha value is -0.0800. The van der Waals surface area contributed by atoms with E-state index in [4.69, 9.17) is 4.74 Å². The van der Waals surface area contributed by atoms with E-state index >= 15 is 0 Å². The minimum atomic E-state index is 0.518. The lowest BCUT2D eigenvalue weighted by molar-refractivity contribution is 0.0719. The SMILES string of the molecule is CCNC(CC1CCC1)C1CCOC1CC. The van der Waals surface area contributed by atoms with Gasteiger partial charge in [0.15, 0.2) is 0 Å². The molecule has 2 nitrogen and oxygen atoms in total. The highest BCUT2D eigenvalue weighted by molar-refractivity contribution is 4.88. The highest BCUT2D eigenvalue weighted by Gasteiger charge is 2.35. The van der Waals surface area contributed by atoms with Gasteiger partial charge in [-0.15, -0.1) is 0 Å². The van der Waals surface area contributed by atoms with Crippen molar-refractivity contribution in [1.29, 1.82) is 0 Å².